The highest BCUT2D eigenvalue weighted by molar-refractivity contribution is 7.98. The van der Waals surface area contributed by atoms with Crippen molar-refractivity contribution in [3.63, 3.8) is 0 Å². The summed E-state index contributed by atoms with van der Waals surface area (Å²) in [5.74, 6) is 1.71. The zero-order chi connectivity index (χ0) is 10.4. The fourth-order valence-electron chi connectivity index (χ4n) is 0.939. The number of hydrogen-bond acceptors (Lipinski definition) is 5. The lowest BCUT2D eigenvalue weighted by Gasteiger charge is -2.05. The van der Waals surface area contributed by atoms with Crippen LogP contribution in [0.25, 0.3) is 0 Å². The molecule has 3 N–H and O–H groups in total. The Kier molecular flexibility index (Phi) is 4.08. The second kappa shape index (κ2) is 5.35. The van der Waals surface area contributed by atoms with Crippen molar-refractivity contribution in [2.75, 3.05) is 29.6 Å². The molecule has 0 saturated carbocycles. The molecule has 0 aliphatic heterocycles. The zero-order valence-corrected chi connectivity index (χ0v) is 8.77. The molecule has 1 rings (SSSR count). The third-order valence-electron chi connectivity index (χ3n) is 1.64. The Balaban J connectivity index is 2.66. The lowest BCUT2D eigenvalue weighted by atomic mass is 10.3. The normalized spacial score (nSPS) is 9.43. The minimum Gasteiger partial charge on any atom is -0.396 e. The summed E-state index contributed by atoms with van der Waals surface area (Å²) in [6.07, 6.45) is 2.04. The van der Waals surface area contributed by atoms with Crippen LogP contribution < -0.4 is 11.1 Å². The molecule has 0 aliphatic carbocycles. The van der Waals surface area contributed by atoms with E-state index in [2.05, 4.69) is 10.3 Å². The minimum atomic E-state index is 0.277. The first-order chi connectivity index (χ1) is 6.77. The highest BCUT2D eigenvalue weighted by Crippen LogP contribution is 2.11. The van der Waals surface area contributed by atoms with Crippen LogP contribution in [0.4, 0.5) is 11.5 Å². The van der Waals surface area contributed by atoms with Crippen LogP contribution >= 0.6 is 11.8 Å². The van der Waals surface area contributed by atoms with Crippen LogP contribution in [0.3, 0.4) is 0 Å². The molecule has 0 unspecified atom stereocenters. The van der Waals surface area contributed by atoms with Gasteiger partial charge in [-0.25, -0.2) is 4.98 Å². The van der Waals surface area contributed by atoms with E-state index in [0.717, 1.165) is 12.3 Å². The Morgan fingerprint density at radius 2 is 2.43 bits per heavy atom. The highest BCUT2D eigenvalue weighted by atomic mass is 32.2. The molecular weight excluding hydrogens is 196 g/mol. The van der Waals surface area contributed by atoms with Gasteiger partial charge in [-0.1, -0.05) is 0 Å². The Hall–Kier alpha value is -1.41. The van der Waals surface area contributed by atoms with Gasteiger partial charge >= 0.3 is 0 Å². The van der Waals surface area contributed by atoms with Gasteiger partial charge in [0.1, 0.15) is 11.9 Å². The number of aromatic nitrogens is 1. The summed E-state index contributed by atoms with van der Waals surface area (Å²) < 4.78 is 0. The standard InChI is InChI=1S/C9H12N4S/c1-14-5-4-12-9-3-2-7(11)8(6-10)13-9/h2-3H,4-5,11H2,1H3,(H,12,13). The Bertz CT molecular complexity index is 345. The summed E-state index contributed by atoms with van der Waals surface area (Å²) in [5.41, 5.74) is 6.23. The van der Waals surface area contributed by atoms with Gasteiger partial charge in [-0.3, -0.25) is 0 Å². The van der Waals surface area contributed by atoms with Crippen LogP contribution in [0.1, 0.15) is 5.69 Å². The number of nitrogen functional groups attached to an aromatic ring is 1. The first kappa shape index (κ1) is 10.7. The van der Waals surface area contributed by atoms with E-state index in [1.165, 1.54) is 0 Å². The fourth-order valence-corrected chi connectivity index (χ4v) is 1.25. The number of nitrogens with two attached hydrogens (primary N) is 1. The van der Waals surface area contributed by atoms with E-state index in [-0.39, 0.29) is 5.69 Å². The third kappa shape index (κ3) is 2.82. The predicted molar refractivity (Wildman–Crippen MR) is 60.2 cm³/mol. The van der Waals surface area contributed by atoms with Crippen molar-refractivity contribution in [3.8, 4) is 6.07 Å². The van der Waals surface area contributed by atoms with Crippen molar-refractivity contribution < 1.29 is 0 Å². The van der Waals surface area contributed by atoms with E-state index < -0.39 is 0 Å². The molecule has 0 aliphatic rings. The first-order valence-corrected chi connectivity index (χ1v) is 5.56. The molecule has 1 heterocycles. The van der Waals surface area contributed by atoms with Crippen LogP contribution in [0.5, 0.6) is 0 Å². The first-order valence-electron chi connectivity index (χ1n) is 4.17. The molecular formula is C9H12N4S. The maximum absolute atomic E-state index is 8.69. The molecule has 0 radical (unpaired) electrons. The molecule has 0 aromatic carbocycles. The monoisotopic (exact) mass is 208 g/mol. The van der Waals surface area contributed by atoms with Crippen LogP contribution in [0.15, 0.2) is 12.1 Å². The average Bonchev–Trinajstić information content (AvgIpc) is 2.21. The summed E-state index contributed by atoms with van der Waals surface area (Å²) in [6.45, 7) is 0.836. The topological polar surface area (TPSA) is 74.7 Å². The van der Waals surface area contributed by atoms with Crippen molar-refractivity contribution in [3.05, 3.63) is 17.8 Å². The molecule has 1 aromatic rings. The zero-order valence-electron chi connectivity index (χ0n) is 7.95. The van der Waals surface area contributed by atoms with Gasteiger partial charge in [0.05, 0.1) is 5.69 Å². The number of rotatable bonds is 4. The molecule has 74 valence electrons. The lowest BCUT2D eigenvalue weighted by Crippen LogP contribution is -2.06. The van der Waals surface area contributed by atoms with Gasteiger partial charge in [-0.05, 0) is 18.4 Å². The van der Waals surface area contributed by atoms with Gasteiger partial charge in [-0.15, -0.1) is 0 Å². The van der Waals surface area contributed by atoms with E-state index in [1.54, 1.807) is 23.9 Å². The average molecular weight is 208 g/mol. The summed E-state index contributed by atoms with van der Waals surface area (Å²) in [5, 5.41) is 11.8. The SMILES string of the molecule is CSCCNc1ccc(N)c(C#N)n1. The summed E-state index contributed by atoms with van der Waals surface area (Å²) >= 11 is 1.75. The summed E-state index contributed by atoms with van der Waals surface area (Å²) in [6, 6.07) is 5.41. The van der Waals surface area contributed by atoms with Crippen molar-refractivity contribution in [1.82, 2.24) is 4.98 Å². The van der Waals surface area contributed by atoms with E-state index in [4.69, 9.17) is 11.0 Å². The van der Waals surface area contributed by atoms with Gasteiger partial charge in [0.25, 0.3) is 0 Å². The Morgan fingerprint density at radius 1 is 1.64 bits per heavy atom. The summed E-state index contributed by atoms with van der Waals surface area (Å²) in [7, 11) is 0. The Morgan fingerprint density at radius 3 is 3.07 bits per heavy atom. The number of nitrogens with zero attached hydrogens (tertiary/aromatic N) is 2. The maximum Gasteiger partial charge on any atom is 0.165 e. The Labute approximate surface area is 87.5 Å². The fraction of sp³-hybridized carbons (Fsp3) is 0.333. The van der Waals surface area contributed by atoms with E-state index >= 15 is 0 Å². The molecule has 0 fully saturated rings. The van der Waals surface area contributed by atoms with Crippen molar-refractivity contribution in [1.29, 1.82) is 5.26 Å². The third-order valence-corrected chi connectivity index (χ3v) is 2.26. The van der Waals surface area contributed by atoms with Crippen molar-refractivity contribution >= 4 is 23.3 Å². The van der Waals surface area contributed by atoms with E-state index in [0.29, 0.717) is 11.5 Å². The van der Waals surface area contributed by atoms with E-state index in [1.807, 2.05) is 12.3 Å². The molecule has 0 amide bonds. The van der Waals surface area contributed by atoms with Gasteiger partial charge in [0.15, 0.2) is 5.69 Å². The number of thioether (sulfide) groups is 1. The van der Waals surface area contributed by atoms with Crippen LogP contribution in [0, 0.1) is 11.3 Å². The van der Waals surface area contributed by atoms with Crippen LogP contribution in [-0.4, -0.2) is 23.5 Å². The second-order valence-corrected chi connectivity index (χ2v) is 3.65. The molecule has 1 aromatic heterocycles. The molecule has 0 saturated heterocycles. The molecule has 5 heteroatoms. The predicted octanol–water partition coefficient (Wildman–Crippen LogP) is 1.31. The van der Waals surface area contributed by atoms with Gasteiger partial charge < -0.3 is 11.1 Å². The van der Waals surface area contributed by atoms with Gasteiger partial charge in [0, 0.05) is 12.3 Å². The largest absolute Gasteiger partial charge is 0.396 e. The second-order valence-electron chi connectivity index (χ2n) is 2.67. The van der Waals surface area contributed by atoms with Gasteiger partial charge in [0.2, 0.25) is 0 Å². The number of anilines is 2. The maximum atomic E-state index is 8.69. The smallest absolute Gasteiger partial charge is 0.165 e. The molecule has 4 nitrogen and oxygen atoms in total. The minimum absolute atomic E-state index is 0.277. The van der Waals surface area contributed by atoms with Gasteiger partial charge in [-0.2, -0.15) is 17.0 Å². The quantitative estimate of drug-likeness (QED) is 0.730. The number of nitriles is 1. The van der Waals surface area contributed by atoms with E-state index in [9.17, 15) is 0 Å². The molecule has 0 atom stereocenters. The number of nitrogens with one attached hydrogen (secondary N) is 1. The molecule has 0 spiro atoms. The lowest BCUT2D eigenvalue weighted by molar-refractivity contribution is 1.16. The van der Waals surface area contributed by atoms with Crippen LogP contribution in [0.2, 0.25) is 0 Å². The summed E-state index contributed by atoms with van der Waals surface area (Å²) in [4.78, 5) is 4.06. The van der Waals surface area contributed by atoms with Crippen molar-refractivity contribution in [2.24, 2.45) is 0 Å². The molecule has 0 bridgehead atoms. The molecule has 14 heavy (non-hydrogen) atoms. The number of hydrogen-bond donors (Lipinski definition) is 2. The highest BCUT2D eigenvalue weighted by Gasteiger charge is 2.00. The number of pyridine rings is 1. The van der Waals surface area contributed by atoms with Crippen LogP contribution in [-0.2, 0) is 0 Å². The van der Waals surface area contributed by atoms with Crippen molar-refractivity contribution in [2.45, 2.75) is 0 Å².